The van der Waals surface area contributed by atoms with Gasteiger partial charge in [0.25, 0.3) is 0 Å². The van der Waals surface area contributed by atoms with Crippen LogP contribution in [0, 0.1) is 0 Å². The van der Waals surface area contributed by atoms with Crippen molar-refractivity contribution >= 4 is 5.57 Å². The summed E-state index contributed by atoms with van der Waals surface area (Å²) in [7, 11) is 0. The third-order valence-electron chi connectivity index (χ3n) is 6.87. The Hall–Kier alpha value is -2.31. The van der Waals surface area contributed by atoms with Crippen molar-refractivity contribution in [3.63, 3.8) is 0 Å². The topological polar surface area (TPSA) is 49.7 Å². The predicted molar refractivity (Wildman–Crippen MR) is 127 cm³/mol. The van der Waals surface area contributed by atoms with Gasteiger partial charge in [-0.3, -0.25) is 0 Å². The van der Waals surface area contributed by atoms with Crippen LogP contribution in [0.15, 0.2) is 36.4 Å². The van der Waals surface area contributed by atoms with Crippen LogP contribution >= 0.6 is 0 Å². The second kappa shape index (κ2) is 9.04. The highest BCUT2D eigenvalue weighted by Gasteiger charge is 2.38. The van der Waals surface area contributed by atoms with Gasteiger partial charge in [-0.25, -0.2) is 0 Å². The molecular weight excluding hydrogens is 441 g/mol. The van der Waals surface area contributed by atoms with Gasteiger partial charge in [-0.2, -0.15) is 13.2 Å². The largest absolute Gasteiger partial charge is 0.487 e. The minimum absolute atomic E-state index is 0.0260. The second-order valence-corrected chi connectivity index (χ2v) is 10.4. The number of benzene rings is 2. The normalized spacial score (nSPS) is 21.0. The number of hydrogen-bond acceptors (Lipinski definition) is 3. The molecule has 3 nitrogen and oxygen atoms in total. The molecule has 184 valence electrons. The summed E-state index contributed by atoms with van der Waals surface area (Å²) in [5, 5.41) is 22.8. The highest BCUT2D eigenvalue weighted by molar-refractivity contribution is 5.77. The zero-order valence-electron chi connectivity index (χ0n) is 20.2. The van der Waals surface area contributed by atoms with E-state index in [1.807, 2.05) is 33.8 Å². The average Bonchev–Trinajstić information content (AvgIpc) is 2.76. The van der Waals surface area contributed by atoms with Crippen molar-refractivity contribution in [1.29, 1.82) is 0 Å². The summed E-state index contributed by atoms with van der Waals surface area (Å²) in [5.74, 6) is 0.649. The number of alkyl halides is 3. The van der Waals surface area contributed by atoms with Gasteiger partial charge in [-0.1, -0.05) is 32.1 Å². The molecule has 0 spiro atoms. The Morgan fingerprint density at radius 2 is 1.76 bits per heavy atom. The first-order valence-corrected chi connectivity index (χ1v) is 12.0. The first-order valence-electron chi connectivity index (χ1n) is 12.0. The van der Waals surface area contributed by atoms with Crippen LogP contribution in [0.4, 0.5) is 13.2 Å². The van der Waals surface area contributed by atoms with Gasteiger partial charge < -0.3 is 14.9 Å². The zero-order valence-corrected chi connectivity index (χ0v) is 20.2. The monoisotopic (exact) mass is 474 g/mol. The lowest BCUT2D eigenvalue weighted by Gasteiger charge is -2.39. The molecular formula is C28H33F3O3. The molecule has 2 aromatic rings. The molecule has 1 heterocycles. The van der Waals surface area contributed by atoms with Crippen LogP contribution in [0.3, 0.4) is 0 Å². The van der Waals surface area contributed by atoms with E-state index in [2.05, 4.69) is 6.08 Å². The molecule has 1 aliphatic carbocycles. The van der Waals surface area contributed by atoms with Gasteiger partial charge in [0.1, 0.15) is 17.5 Å². The highest BCUT2D eigenvalue weighted by atomic mass is 19.4. The maximum absolute atomic E-state index is 13.1. The fraction of sp³-hybridized carbons (Fsp3) is 0.500. The average molecular weight is 475 g/mol. The second-order valence-electron chi connectivity index (χ2n) is 10.4. The lowest BCUT2D eigenvalue weighted by atomic mass is 9.76. The van der Waals surface area contributed by atoms with E-state index < -0.39 is 29.5 Å². The molecule has 0 aromatic heterocycles. The van der Waals surface area contributed by atoms with Crippen LogP contribution in [0.2, 0.25) is 0 Å². The van der Waals surface area contributed by atoms with E-state index in [0.717, 1.165) is 54.5 Å². The van der Waals surface area contributed by atoms with Gasteiger partial charge in [0, 0.05) is 12.0 Å². The molecule has 0 saturated carbocycles. The number of aliphatic hydroxyl groups is 2. The Kier molecular flexibility index (Phi) is 6.60. The lowest BCUT2D eigenvalue weighted by molar-refractivity contribution is -0.137. The molecule has 0 unspecified atom stereocenters. The number of hydrogen-bond donors (Lipinski definition) is 2. The summed E-state index contributed by atoms with van der Waals surface area (Å²) in [6.07, 6.45) is 0.0516. The van der Waals surface area contributed by atoms with Crippen molar-refractivity contribution in [1.82, 2.24) is 0 Å². The molecule has 0 saturated heterocycles. The molecule has 0 bridgehead atoms. The standard InChI is InChI=1S/C28H33F3O3/c1-16(2)20-14-22-25(21(32)15-27(3,4)34-22)23(17-8-6-5-7-9-17)24(20)26(33)18-10-12-19(13-11-18)28(29,30)31/h8,10-14,16,21,26,32-33H,5-7,9,15H2,1-4H3/t21-,26-/m0/s1. The Balaban J connectivity index is 1.95. The van der Waals surface area contributed by atoms with E-state index >= 15 is 0 Å². The van der Waals surface area contributed by atoms with Crippen LogP contribution in [-0.4, -0.2) is 15.8 Å². The summed E-state index contributed by atoms with van der Waals surface area (Å²) in [6.45, 7) is 7.93. The van der Waals surface area contributed by atoms with Crippen LogP contribution in [0.25, 0.3) is 5.57 Å². The van der Waals surface area contributed by atoms with Crippen LogP contribution in [-0.2, 0) is 6.18 Å². The zero-order chi connectivity index (χ0) is 24.8. The quantitative estimate of drug-likeness (QED) is 0.483. The van der Waals surface area contributed by atoms with E-state index in [1.165, 1.54) is 12.1 Å². The number of aliphatic hydroxyl groups excluding tert-OH is 2. The van der Waals surface area contributed by atoms with Gasteiger partial charge in [0.15, 0.2) is 0 Å². The molecule has 2 aromatic carbocycles. The number of allylic oxidation sites excluding steroid dienone is 2. The van der Waals surface area contributed by atoms with Gasteiger partial charge >= 0.3 is 6.18 Å². The van der Waals surface area contributed by atoms with Crippen LogP contribution in [0.5, 0.6) is 5.75 Å². The third kappa shape index (κ3) is 4.76. The molecule has 1 aliphatic heterocycles. The molecule has 0 amide bonds. The molecule has 6 heteroatoms. The smallest absolute Gasteiger partial charge is 0.416 e. The molecule has 2 N–H and O–H groups in total. The molecule has 0 radical (unpaired) electrons. The molecule has 4 rings (SSSR count). The van der Waals surface area contributed by atoms with E-state index in [-0.39, 0.29) is 5.92 Å². The van der Waals surface area contributed by atoms with Gasteiger partial charge in [0.05, 0.1) is 11.7 Å². The fourth-order valence-electron chi connectivity index (χ4n) is 5.24. The maximum Gasteiger partial charge on any atom is 0.416 e. The Bertz CT molecular complexity index is 1080. The van der Waals surface area contributed by atoms with Crippen molar-refractivity contribution in [3.8, 4) is 5.75 Å². The van der Waals surface area contributed by atoms with Crippen molar-refractivity contribution in [3.05, 3.63) is 69.8 Å². The van der Waals surface area contributed by atoms with Crippen LogP contribution in [0.1, 0.15) is 111 Å². The molecule has 2 atom stereocenters. The van der Waals surface area contributed by atoms with Crippen molar-refractivity contribution < 1.29 is 28.1 Å². The van der Waals surface area contributed by atoms with Crippen molar-refractivity contribution in [2.75, 3.05) is 0 Å². The highest BCUT2D eigenvalue weighted by Crippen LogP contribution is 2.50. The van der Waals surface area contributed by atoms with Crippen molar-refractivity contribution in [2.24, 2.45) is 0 Å². The summed E-state index contributed by atoms with van der Waals surface area (Å²) in [5.41, 5.74) is 3.18. The number of halogens is 3. The van der Waals surface area contributed by atoms with E-state index in [4.69, 9.17) is 4.74 Å². The number of ether oxygens (including phenoxy) is 1. The van der Waals surface area contributed by atoms with Crippen LogP contribution < -0.4 is 4.74 Å². The van der Waals surface area contributed by atoms with E-state index in [9.17, 15) is 23.4 Å². The number of rotatable bonds is 4. The first kappa shape index (κ1) is 24.8. The SMILES string of the molecule is CC(C)c1cc2c(c(C3=CCCCC3)c1[C@@H](O)c1ccc(C(F)(F)F)cc1)[C@@H](O)CC(C)(C)O2. The summed E-state index contributed by atoms with van der Waals surface area (Å²) in [6, 6.07) is 6.59. The third-order valence-corrected chi connectivity index (χ3v) is 6.87. The molecule has 34 heavy (non-hydrogen) atoms. The predicted octanol–water partition coefficient (Wildman–Crippen LogP) is 7.46. The Morgan fingerprint density at radius 3 is 2.32 bits per heavy atom. The first-order chi connectivity index (χ1) is 15.9. The molecule has 0 fully saturated rings. The minimum atomic E-state index is -4.44. The summed E-state index contributed by atoms with van der Waals surface area (Å²) in [4.78, 5) is 0. The van der Waals surface area contributed by atoms with E-state index in [0.29, 0.717) is 28.9 Å². The number of fused-ring (bicyclic) bond motifs is 1. The Labute approximate surface area is 199 Å². The summed E-state index contributed by atoms with van der Waals surface area (Å²) >= 11 is 0. The van der Waals surface area contributed by atoms with Gasteiger partial charge in [-0.15, -0.1) is 0 Å². The fourth-order valence-corrected chi connectivity index (χ4v) is 5.24. The maximum atomic E-state index is 13.1. The van der Waals surface area contributed by atoms with Crippen molar-refractivity contribution in [2.45, 2.75) is 89.7 Å². The lowest BCUT2D eigenvalue weighted by Crippen LogP contribution is -2.36. The van der Waals surface area contributed by atoms with Gasteiger partial charge in [-0.05, 0) is 91.5 Å². The Morgan fingerprint density at radius 1 is 1.09 bits per heavy atom. The summed E-state index contributed by atoms with van der Waals surface area (Å²) < 4.78 is 45.6. The van der Waals surface area contributed by atoms with Gasteiger partial charge in [0.2, 0.25) is 0 Å². The van der Waals surface area contributed by atoms with E-state index in [1.54, 1.807) is 0 Å². The minimum Gasteiger partial charge on any atom is -0.487 e. The molecule has 2 aliphatic rings.